The van der Waals surface area contributed by atoms with Gasteiger partial charge in [-0.2, -0.15) is 0 Å². The molecule has 29 heavy (non-hydrogen) atoms. The summed E-state index contributed by atoms with van der Waals surface area (Å²) in [4.78, 5) is 18.1. The first kappa shape index (κ1) is 19.6. The maximum Gasteiger partial charge on any atom is 0.258 e. The number of likely N-dealkylation sites (N-methyl/N-ethyl adjacent to an activating group) is 1. The minimum Gasteiger partial charge on any atom is -0.493 e. The van der Waals surface area contributed by atoms with Gasteiger partial charge in [0.25, 0.3) is 5.91 Å². The molecular weight excluding hydrogens is 368 g/mol. The highest BCUT2D eigenvalue weighted by Gasteiger charge is 2.44. The van der Waals surface area contributed by atoms with Crippen LogP contribution in [0.25, 0.3) is 0 Å². The van der Waals surface area contributed by atoms with E-state index in [1.165, 1.54) is 11.1 Å². The second-order valence-corrected chi connectivity index (χ2v) is 7.88. The zero-order chi connectivity index (χ0) is 20.7. The molecule has 2 aliphatic rings. The summed E-state index contributed by atoms with van der Waals surface area (Å²) in [6, 6.07) is 10.0. The van der Waals surface area contributed by atoms with E-state index in [0.29, 0.717) is 28.7 Å². The van der Waals surface area contributed by atoms with E-state index >= 15 is 0 Å². The smallest absolute Gasteiger partial charge is 0.258 e. The first-order valence-electron chi connectivity index (χ1n) is 9.91. The van der Waals surface area contributed by atoms with Crippen LogP contribution in [0.4, 0.5) is 5.69 Å². The van der Waals surface area contributed by atoms with Crippen molar-refractivity contribution in [2.24, 2.45) is 0 Å². The SMILES string of the molecule is COc1cc(C(=O)N2c3ccc(C)cc3C3CN(C)CCC32)cc(OC)c1OC. The first-order chi connectivity index (χ1) is 14.0. The summed E-state index contributed by atoms with van der Waals surface area (Å²) < 4.78 is 16.3. The van der Waals surface area contributed by atoms with E-state index < -0.39 is 0 Å². The lowest BCUT2D eigenvalue weighted by atomic mass is 9.88. The summed E-state index contributed by atoms with van der Waals surface area (Å²) in [6.07, 6.45) is 0.949. The number of methoxy groups -OCH3 is 3. The molecule has 2 heterocycles. The van der Waals surface area contributed by atoms with Crippen molar-refractivity contribution in [3.63, 3.8) is 0 Å². The minimum atomic E-state index is -0.0357. The van der Waals surface area contributed by atoms with E-state index in [1.807, 2.05) is 4.90 Å². The van der Waals surface area contributed by atoms with Gasteiger partial charge in [-0.15, -0.1) is 0 Å². The maximum absolute atomic E-state index is 13.7. The van der Waals surface area contributed by atoms with E-state index in [9.17, 15) is 4.79 Å². The van der Waals surface area contributed by atoms with Gasteiger partial charge in [0.05, 0.1) is 21.3 Å². The summed E-state index contributed by atoms with van der Waals surface area (Å²) in [5, 5.41) is 0. The van der Waals surface area contributed by atoms with Crippen molar-refractivity contribution in [1.29, 1.82) is 0 Å². The molecule has 1 fully saturated rings. The number of rotatable bonds is 4. The van der Waals surface area contributed by atoms with Crippen molar-refractivity contribution in [2.45, 2.75) is 25.3 Å². The van der Waals surface area contributed by atoms with Crippen LogP contribution in [0.5, 0.6) is 17.2 Å². The van der Waals surface area contributed by atoms with E-state index in [0.717, 1.165) is 25.2 Å². The average Bonchev–Trinajstić information content (AvgIpc) is 3.04. The number of nitrogens with zero attached hydrogens (tertiary/aromatic N) is 2. The molecule has 0 aliphatic carbocycles. The summed E-state index contributed by atoms with van der Waals surface area (Å²) >= 11 is 0. The van der Waals surface area contributed by atoms with Crippen LogP contribution >= 0.6 is 0 Å². The number of fused-ring (bicyclic) bond motifs is 3. The highest BCUT2D eigenvalue weighted by molar-refractivity contribution is 6.08. The standard InChI is InChI=1S/C23H28N2O4/c1-14-6-7-18-16(10-14)17-13-24(2)9-8-19(17)25(18)23(26)15-11-20(27-3)22(29-5)21(12-15)28-4/h6-7,10-12,17,19H,8-9,13H2,1-5H3. The lowest BCUT2D eigenvalue weighted by molar-refractivity contribution is 0.0964. The number of hydrogen-bond acceptors (Lipinski definition) is 5. The fourth-order valence-corrected chi connectivity index (χ4v) is 4.69. The Morgan fingerprint density at radius 3 is 2.34 bits per heavy atom. The summed E-state index contributed by atoms with van der Waals surface area (Å²) in [5.41, 5.74) is 4.03. The molecule has 0 saturated carbocycles. The summed E-state index contributed by atoms with van der Waals surface area (Å²) in [5.74, 6) is 1.75. The van der Waals surface area contributed by atoms with Gasteiger partial charge in [-0.1, -0.05) is 17.7 Å². The Balaban J connectivity index is 1.79. The van der Waals surface area contributed by atoms with Crippen LogP contribution in [-0.2, 0) is 0 Å². The van der Waals surface area contributed by atoms with Gasteiger partial charge in [0.2, 0.25) is 5.75 Å². The van der Waals surface area contributed by atoms with Gasteiger partial charge in [0.1, 0.15) is 0 Å². The van der Waals surface area contributed by atoms with Gasteiger partial charge in [0, 0.05) is 29.8 Å². The van der Waals surface area contributed by atoms with E-state index in [1.54, 1.807) is 33.5 Å². The molecule has 6 heteroatoms. The van der Waals surface area contributed by atoms with Gasteiger partial charge < -0.3 is 24.0 Å². The number of carbonyl (C=O) groups is 1. The third-order valence-corrected chi connectivity index (χ3v) is 6.08. The fourth-order valence-electron chi connectivity index (χ4n) is 4.69. The number of amides is 1. The largest absolute Gasteiger partial charge is 0.493 e. The molecule has 4 rings (SSSR count). The molecule has 2 unspecified atom stereocenters. The monoisotopic (exact) mass is 396 g/mol. The molecule has 1 saturated heterocycles. The van der Waals surface area contributed by atoms with Crippen LogP contribution < -0.4 is 19.1 Å². The topological polar surface area (TPSA) is 51.2 Å². The zero-order valence-electron chi connectivity index (χ0n) is 17.7. The van der Waals surface area contributed by atoms with Crippen LogP contribution in [0.1, 0.15) is 33.8 Å². The Kier molecular flexibility index (Phi) is 5.13. The number of carbonyl (C=O) groups excluding carboxylic acids is 1. The number of likely N-dealkylation sites (tertiary alicyclic amines) is 1. The molecular formula is C23H28N2O4. The van der Waals surface area contributed by atoms with Crippen molar-refractivity contribution >= 4 is 11.6 Å². The molecule has 0 N–H and O–H groups in total. The highest BCUT2D eigenvalue weighted by Crippen LogP contribution is 2.46. The summed E-state index contributed by atoms with van der Waals surface area (Å²) in [7, 11) is 6.83. The third-order valence-electron chi connectivity index (χ3n) is 6.08. The maximum atomic E-state index is 13.7. The Hall–Kier alpha value is -2.73. The van der Waals surface area contributed by atoms with E-state index in [2.05, 4.69) is 37.1 Å². The van der Waals surface area contributed by atoms with Crippen LogP contribution in [0, 0.1) is 6.92 Å². The van der Waals surface area contributed by atoms with E-state index in [-0.39, 0.29) is 11.9 Å². The van der Waals surface area contributed by atoms with Gasteiger partial charge in [-0.3, -0.25) is 4.79 Å². The number of ether oxygens (including phenoxy) is 3. The van der Waals surface area contributed by atoms with Crippen molar-refractivity contribution in [3.05, 3.63) is 47.0 Å². The first-order valence-corrected chi connectivity index (χ1v) is 9.91. The van der Waals surface area contributed by atoms with Gasteiger partial charge in [0.15, 0.2) is 11.5 Å². The quantitative estimate of drug-likeness (QED) is 0.792. The molecule has 0 spiro atoms. The van der Waals surface area contributed by atoms with Crippen molar-refractivity contribution < 1.29 is 19.0 Å². The Labute approximate surface area is 172 Å². The Morgan fingerprint density at radius 2 is 1.72 bits per heavy atom. The lowest BCUT2D eigenvalue weighted by Crippen LogP contribution is -2.47. The third kappa shape index (κ3) is 3.21. The van der Waals surface area contributed by atoms with Gasteiger partial charge in [-0.05, 0) is 50.7 Å². The second-order valence-electron chi connectivity index (χ2n) is 7.88. The zero-order valence-corrected chi connectivity index (χ0v) is 17.7. The fraction of sp³-hybridized carbons (Fsp3) is 0.435. The molecule has 154 valence electrons. The average molecular weight is 396 g/mol. The number of anilines is 1. The van der Waals surface area contributed by atoms with Crippen molar-refractivity contribution in [3.8, 4) is 17.2 Å². The van der Waals surface area contributed by atoms with Crippen LogP contribution in [0.2, 0.25) is 0 Å². The molecule has 6 nitrogen and oxygen atoms in total. The normalized spacial score (nSPS) is 20.8. The van der Waals surface area contributed by atoms with Crippen LogP contribution in [0.15, 0.2) is 30.3 Å². The van der Waals surface area contributed by atoms with Crippen LogP contribution in [-0.4, -0.2) is 58.3 Å². The Bertz CT molecular complexity index is 917. The van der Waals surface area contributed by atoms with Crippen molar-refractivity contribution in [2.75, 3.05) is 46.4 Å². The minimum absolute atomic E-state index is 0.0357. The highest BCUT2D eigenvalue weighted by atomic mass is 16.5. The number of aryl methyl sites for hydroxylation is 1. The predicted octanol–water partition coefficient (Wildman–Crippen LogP) is 3.47. The molecule has 0 aromatic heterocycles. The van der Waals surface area contributed by atoms with Crippen LogP contribution in [0.3, 0.4) is 0 Å². The summed E-state index contributed by atoms with van der Waals surface area (Å²) in [6.45, 7) is 4.04. The molecule has 2 aromatic rings. The molecule has 2 atom stereocenters. The van der Waals surface area contributed by atoms with Crippen molar-refractivity contribution in [1.82, 2.24) is 4.90 Å². The molecule has 0 radical (unpaired) electrons. The van der Waals surface area contributed by atoms with Gasteiger partial charge >= 0.3 is 0 Å². The molecule has 0 bridgehead atoms. The number of benzene rings is 2. The number of piperidine rings is 1. The second kappa shape index (κ2) is 7.59. The Morgan fingerprint density at radius 1 is 1.03 bits per heavy atom. The molecule has 2 aromatic carbocycles. The predicted molar refractivity (Wildman–Crippen MR) is 113 cm³/mol. The lowest BCUT2D eigenvalue weighted by Gasteiger charge is -2.36. The van der Waals surface area contributed by atoms with E-state index in [4.69, 9.17) is 14.2 Å². The number of hydrogen-bond donors (Lipinski definition) is 0. The molecule has 2 aliphatic heterocycles. The van der Waals surface area contributed by atoms with Gasteiger partial charge in [-0.25, -0.2) is 0 Å². The molecule has 1 amide bonds.